The molecule has 0 saturated heterocycles. The molecule has 0 bridgehead atoms. The van der Waals surface area contributed by atoms with Gasteiger partial charge in [-0.2, -0.15) is 0 Å². The minimum atomic E-state index is -0.418. The Morgan fingerprint density at radius 3 is 2.76 bits per heavy atom. The Labute approximate surface area is 127 Å². The Kier molecular flexibility index (Phi) is 3.78. The van der Waals surface area contributed by atoms with Gasteiger partial charge in [-0.05, 0) is 49.9 Å². The van der Waals surface area contributed by atoms with Crippen molar-refractivity contribution in [3.8, 4) is 0 Å². The first-order valence-electron chi connectivity index (χ1n) is 8.21. The van der Waals surface area contributed by atoms with Gasteiger partial charge in [-0.25, -0.2) is 0 Å². The lowest BCUT2D eigenvalue weighted by Crippen LogP contribution is -2.28. The molecule has 1 unspecified atom stereocenters. The Bertz CT molecular complexity index is 546. The van der Waals surface area contributed by atoms with E-state index in [1.54, 1.807) is 0 Å². The highest BCUT2D eigenvalue weighted by molar-refractivity contribution is 6.05. The third-order valence-corrected chi connectivity index (χ3v) is 5.18. The lowest BCUT2D eigenvalue weighted by atomic mass is 9.78. The predicted octanol–water partition coefficient (Wildman–Crippen LogP) is 3.76. The number of hydrogen-bond acceptors (Lipinski definition) is 2. The standard InChI is InChI=1S/C18H26N2O/c1-4-19-16(10-12-6-5-7-12)13-8-9-15-14(11-13)18(2,3)17(21)20-15/h8-9,11-12,16,19H,4-7,10H2,1-3H3,(H,20,21). The van der Waals surface area contributed by atoms with E-state index in [-0.39, 0.29) is 5.91 Å². The molecule has 1 heterocycles. The van der Waals surface area contributed by atoms with Crippen LogP contribution < -0.4 is 10.6 Å². The Morgan fingerprint density at radius 1 is 1.38 bits per heavy atom. The van der Waals surface area contributed by atoms with Crippen molar-refractivity contribution < 1.29 is 4.79 Å². The molecule has 1 saturated carbocycles. The zero-order valence-electron chi connectivity index (χ0n) is 13.3. The average Bonchev–Trinajstić information content (AvgIpc) is 2.63. The first kappa shape index (κ1) is 14.6. The lowest BCUT2D eigenvalue weighted by Gasteiger charge is -2.30. The smallest absolute Gasteiger partial charge is 0.234 e. The van der Waals surface area contributed by atoms with E-state index in [0.29, 0.717) is 6.04 Å². The largest absolute Gasteiger partial charge is 0.325 e. The summed E-state index contributed by atoms with van der Waals surface area (Å²) < 4.78 is 0. The summed E-state index contributed by atoms with van der Waals surface area (Å²) in [7, 11) is 0. The van der Waals surface area contributed by atoms with Crippen molar-refractivity contribution in [1.29, 1.82) is 0 Å². The quantitative estimate of drug-likeness (QED) is 0.865. The van der Waals surface area contributed by atoms with E-state index >= 15 is 0 Å². The van der Waals surface area contributed by atoms with Gasteiger partial charge in [-0.3, -0.25) is 4.79 Å². The fourth-order valence-corrected chi connectivity index (χ4v) is 3.45. The van der Waals surface area contributed by atoms with Gasteiger partial charge in [0.1, 0.15) is 0 Å². The number of carbonyl (C=O) groups excluding carboxylic acids is 1. The molecule has 2 N–H and O–H groups in total. The molecule has 1 aromatic carbocycles. The van der Waals surface area contributed by atoms with Crippen molar-refractivity contribution in [2.75, 3.05) is 11.9 Å². The first-order valence-corrected chi connectivity index (χ1v) is 8.21. The second kappa shape index (κ2) is 5.45. The molecule has 1 atom stereocenters. The molecule has 1 aliphatic heterocycles. The molecule has 3 rings (SSSR count). The summed E-state index contributed by atoms with van der Waals surface area (Å²) in [5.41, 5.74) is 3.03. The summed E-state index contributed by atoms with van der Waals surface area (Å²) in [4.78, 5) is 12.1. The van der Waals surface area contributed by atoms with Gasteiger partial charge in [0.15, 0.2) is 0 Å². The van der Waals surface area contributed by atoms with E-state index in [1.807, 2.05) is 13.8 Å². The molecule has 0 radical (unpaired) electrons. The van der Waals surface area contributed by atoms with E-state index in [0.717, 1.165) is 23.7 Å². The molecule has 0 aromatic heterocycles. The normalized spacial score (nSPS) is 21.6. The maximum Gasteiger partial charge on any atom is 0.234 e. The summed E-state index contributed by atoms with van der Waals surface area (Å²) in [5, 5.41) is 6.61. The van der Waals surface area contributed by atoms with E-state index < -0.39 is 5.41 Å². The number of nitrogens with one attached hydrogen (secondary N) is 2. The van der Waals surface area contributed by atoms with Crippen LogP contribution in [0.3, 0.4) is 0 Å². The van der Waals surface area contributed by atoms with Crippen LogP contribution in [-0.2, 0) is 10.2 Å². The average molecular weight is 286 g/mol. The summed E-state index contributed by atoms with van der Waals surface area (Å²) >= 11 is 0. The van der Waals surface area contributed by atoms with Gasteiger partial charge in [0.25, 0.3) is 0 Å². The van der Waals surface area contributed by atoms with Crippen LogP contribution in [0.15, 0.2) is 18.2 Å². The van der Waals surface area contributed by atoms with Crippen LogP contribution in [0.1, 0.15) is 63.6 Å². The first-order chi connectivity index (χ1) is 10.0. The maximum absolute atomic E-state index is 12.1. The maximum atomic E-state index is 12.1. The van der Waals surface area contributed by atoms with Gasteiger partial charge in [-0.15, -0.1) is 0 Å². The van der Waals surface area contributed by atoms with Gasteiger partial charge < -0.3 is 10.6 Å². The Morgan fingerprint density at radius 2 is 2.14 bits per heavy atom. The summed E-state index contributed by atoms with van der Waals surface area (Å²) in [6.45, 7) is 7.16. The van der Waals surface area contributed by atoms with Crippen LogP contribution in [0.4, 0.5) is 5.69 Å². The van der Waals surface area contributed by atoms with Crippen LogP contribution in [0, 0.1) is 5.92 Å². The van der Waals surface area contributed by atoms with Gasteiger partial charge >= 0.3 is 0 Å². The fraction of sp³-hybridized carbons (Fsp3) is 0.611. The molecule has 0 spiro atoms. The minimum Gasteiger partial charge on any atom is -0.325 e. The molecule has 1 fully saturated rings. The second-order valence-corrected chi connectivity index (χ2v) is 7.03. The van der Waals surface area contributed by atoms with Crippen LogP contribution in [0.25, 0.3) is 0 Å². The number of hydrogen-bond donors (Lipinski definition) is 2. The number of anilines is 1. The van der Waals surface area contributed by atoms with Gasteiger partial charge in [-0.1, -0.05) is 38.3 Å². The molecule has 21 heavy (non-hydrogen) atoms. The zero-order valence-corrected chi connectivity index (χ0v) is 13.3. The lowest BCUT2D eigenvalue weighted by molar-refractivity contribution is -0.119. The zero-order chi connectivity index (χ0) is 15.0. The molecular formula is C18H26N2O. The predicted molar refractivity (Wildman–Crippen MR) is 86.5 cm³/mol. The van der Waals surface area contributed by atoms with Gasteiger partial charge in [0.05, 0.1) is 5.41 Å². The van der Waals surface area contributed by atoms with E-state index in [4.69, 9.17) is 0 Å². The third kappa shape index (κ3) is 2.59. The molecule has 1 aliphatic carbocycles. The third-order valence-electron chi connectivity index (χ3n) is 5.18. The molecule has 3 heteroatoms. The van der Waals surface area contributed by atoms with Gasteiger partial charge in [0.2, 0.25) is 5.91 Å². The highest BCUT2D eigenvalue weighted by Crippen LogP contribution is 2.40. The van der Waals surface area contributed by atoms with Crippen molar-refractivity contribution in [2.45, 2.75) is 57.9 Å². The summed E-state index contributed by atoms with van der Waals surface area (Å²) in [5.74, 6) is 0.976. The van der Waals surface area contributed by atoms with E-state index in [1.165, 1.54) is 31.2 Å². The molecule has 2 aliphatic rings. The molecule has 114 valence electrons. The number of fused-ring (bicyclic) bond motifs is 1. The van der Waals surface area contributed by atoms with E-state index in [9.17, 15) is 4.79 Å². The summed E-state index contributed by atoms with van der Waals surface area (Å²) in [6, 6.07) is 6.89. The van der Waals surface area contributed by atoms with Crippen molar-refractivity contribution in [2.24, 2.45) is 5.92 Å². The summed E-state index contributed by atoms with van der Waals surface area (Å²) in [6.07, 6.45) is 5.35. The van der Waals surface area contributed by atoms with Crippen molar-refractivity contribution >= 4 is 11.6 Å². The molecule has 1 aromatic rings. The second-order valence-electron chi connectivity index (χ2n) is 7.03. The van der Waals surface area contributed by atoms with Crippen molar-refractivity contribution in [1.82, 2.24) is 5.32 Å². The van der Waals surface area contributed by atoms with Crippen LogP contribution in [0.2, 0.25) is 0 Å². The number of carbonyl (C=O) groups is 1. The SMILES string of the molecule is CCNC(CC1CCC1)c1ccc2c(c1)C(C)(C)C(=O)N2. The highest BCUT2D eigenvalue weighted by Gasteiger charge is 2.38. The minimum absolute atomic E-state index is 0.105. The van der Waals surface area contributed by atoms with Crippen molar-refractivity contribution in [3.05, 3.63) is 29.3 Å². The number of benzene rings is 1. The fourth-order valence-electron chi connectivity index (χ4n) is 3.45. The van der Waals surface area contributed by atoms with Gasteiger partial charge in [0, 0.05) is 11.7 Å². The monoisotopic (exact) mass is 286 g/mol. The number of amides is 1. The van der Waals surface area contributed by atoms with Crippen LogP contribution in [0.5, 0.6) is 0 Å². The number of rotatable bonds is 5. The Hall–Kier alpha value is -1.35. The van der Waals surface area contributed by atoms with Crippen molar-refractivity contribution in [3.63, 3.8) is 0 Å². The van der Waals surface area contributed by atoms with Crippen LogP contribution >= 0.6 is 0 Å². The molecule has 1 amide bonds. The molecule has 3 nitrogen and oxygen atoms in total. The molecular weight excluding hydrogens is 260 g/mol. The topological polar surface area (TPSA) is 41.1 Å². The van der Waals surface area contributed by atoms with Crippen LogP contribution in [-0.4, -0.2) is 12.5 Å². The van der Waals surface area contributed by atoms with E-state index in [2.05, 4.69) is 35.8 Å². The highest BCUT2D eigenvalue weighted by atomic mass is 16.2. The Balaban J connectivity index is 1.87.